The van der Waals surface area contributed by atoms with E-state index in [1.807, 2.05) is 40.1 Å². The number of benzene rings is 1. The lowest BCUT2D eigenvalue weighted by Crippen LogP contribution is -2.40. The fourth-order valence-corrected chi connectivity index (χ4v) is 4.19. The molecule has 5 rings (SSSR count). The first-order valence-electron chi connectivity index (χ1n) is 9.91. The van der Waals surface area contributed by atoms with Gasteiger partial charge in [-0.1, -0.05) is 18.2 Å². The number of H-pyrrole nitrogens is 1. The molecular formula is C22H22N6O. The summed E-state index contributed by atoms with van der Waals surface area (Å²) in [5.74, 6) is 1.12. The summed E-state index contributed by atoms with van der Waals surface area (Å²) >= 11 is 0. The maximum absolute atomic E-state index is 13.1. The van der Waals surface area contributed by atoms with E-state index in [4.69, 9.17) is 0 Å². The molecule has 1 amide bonds. The van der Waals surface area contributed by atoms with Gasteiger partial charge in [0, 0.05) is 60.9 Å². The van der Waals surface area contributed by atoms with Crippen molar-refractivity contribution in [1.82, 2.24) is 29.4 Å². The van der Waals surface area contributed by atoms with Gasteiger partial charge in [-0.05, 0) is 24.5 Å². The number of para-hydroxylation sites is 1. The van der Waals surface area contributed by atoms with Crippen molar-refractivity contribution < 1.29 is 4.79 Å². The number of nitrogens with one attached hydrogen (secondary N) is 1. The number of aromatic amines is 1. The maximum atomic E-state index is 13.1. The minimum absolute atomic E-state index is 0.160. The van der Waals surface area contributed by atoms with Gasteiger partial charge in [0.15, 0.2) is 5.82 Å². The Labute approximate surface area is 168 Å². The van der Waals surface area contributed by atoms with Gasteiger partial charge >= 0.3 is 0 Å². The van der Waals surface area contributed by atoms with Crippen molar-refractivity contribution in [3.05, 3.63) is 72.8 Å². The Morgan fingerprint density at radius 2 is 2.07 bits per heavy atom. The van der Waals surface area contributed by atoms with E-state index in [1.165, 1.54) is 0 Å². The van der Waals surface area contributed by atoms with Crippen LogP contribution in [-0.4, -0.2) is 48.4 Å². The van der Waals surface area contributed by atoms with Crippen molar-refractivity contribution in [3.8, 4) is 5.82 Å². The lowest BCUT2D eigenvalue weighted by Gasteiger charge is -2.33. The number of hydrogen-bond acceptors (Lipinski definition) is 4. The van der Waals surface area contributed by atoms with E-state index in [9.17, 15) is 4.79 Å². The summed E-state index contributed by atoms with van der Waals surface area (Å²) in [6, 6.07) is 8.10. The molecule has 1 aromatic carbocycles. The average Bonchev–Trinajstić information content (AvgIpc) is 3.45. The highest BCUT2D eigenvalue weighted by Gasteiger charge is 2.28. The third-order valence-electron chi connectivity index (χ3n) is 5.63. The highest BCUT2D eigenvalue weighted by atomic mass is 16.2. The van der Waals surface area contributed by atoms with E-state index >= 15 is 0 Å². The minimum atomic E-state index is 0.160. The predicted octanol–water partition coefficient (Wildman–Crippen LogP) is 3.09. The quantitative estimate of drug-likeness (QED) is 0.584. The Bertz CT molecular complexity index is 1130. The monoisotopic (exact) mass is 386 g/mol. The van der Waals surface area contributed by atoms with Gasteiger partial charge < -0.3 is 9.88 Å². The maximum Gasteiger partial charge on any atom is 0.227 e. The summed E-state index contributed by atoms with van der Waals surface area (Å²) in [7, 11) is 0. The predicted molar refractivity (Wildman–Crippen MR) is 110 cm³/mol. The molecule has 1 saturated heterocycles. The largest absolute Gasteiger partial charge is 0.361 e. The van der Waals surface area contributed by atoms with Crippen LogP contribution in [-0.2, 0) is 11.2 Å². The smallest absolute Gasteiger partial charge is 0.227 e. The number of rotatable bonds is 4. The first-order chi connectivity index (χ1) is 14.3. The molecule has 146 valence electrons. The first-order valence-corrected chi connectivity index (χ1v) is 9.91. The molecule has 1 aliphatic rings. The third-order valence-corrected chi connectivity index (χ3v) is 5.63. The van der Waals surface area contributed by atoms with E-state index in [1.54, 1.807) is 24.9 Å². The summed E-state index contributed by atoms with van der Waals surface area (Å²) < 4.78 is 1.88. The Morgan fingerprint density at radius 1 is 1.17 bits per heavy atom. The number of carbonyl (C=O) groups excluding carboxylic acids is 1. The van der Waals surface area contributed by atoms with Crippen LogP contribution < -0.4 is 0 Å². The minimum Gasteiger partial charge on any atom is -0.361 e. The number of hydrogen-bond donors (Lipinski definition) is 1. The van der Waals surface area contributed by atoms with Crippen LogP contribution in [0.5, 0.6) is 0 Å². The number of aromatic nitrogens is 5. The Kier molecular flexibility index (Phi) is 4.56. The Hall–Kier alpha value is -3.48. The van der Waals surface area contributed by atoms with E-state index in [0.717, 1.165) is 47.4 Å². The molecule has 1 aliphatic heterocycles. The third kappa shape index (κ3) is 3.40. The second-order valence-corrected chi connectivity index (χ2v) is 7.45. The number of amides is 1. The SMILES string of the molecule is O=C(Cc1c[nH]c2ccccc12)N1CCC[C@@H](c2nccnc2-n2ccnc2)C1. The zero-order valence-corrected chi connectivity index (χ0v) is 16.0. The molecule has 4 heterocycles. The highest BCUT2D eigenvalue weighted by molar-refractivity contribution is 5.88. The van der Waals surface area contributed by atoms with Crippen molar-refractivity contribution in [3.63, 3.8) is 0 Å². The molecule has 1 atom stereocenters. The standard InChI is InChI=1S/C22H22N6O/c29-20(12-17-13-26-19-6-2-1-5-18(17)19)27-10-3-4-16(14-27)21-22(25-8-7-24-21)28-11-9-23-15-28/h1-2,5-9,11,13,15-16,26H,3-4,10,12,14H2/t16-/m1/s1. The van der Waals surface area contributed by atoms with E-state index in [2.05, 4.69) is 26.0 Å². The molecular weight excluding hydrogens is 364 g/mol. The molecule has 7 nitrogen and oxygen atoms in total. The molecule has 0 spiro atoms. The number of imidazole rings is 1. The summed E-state index contributed by atoms with van der Waals surface area (Å²) in [6.45, 7) is 1.46. The highest BCUT2D eigenvalue weighted by Crippen LogP contribution is 2.29. The van der Waals surface area contributed by atoms with Crippen LogP contribution in [0.15, 0.2) is 61.6 Å². The Morgan fingerprint density at radius 3 is 2.97 bits per heavy atom. The summed E-state index contributed by atoms with van der Waals surface area (Å²) in [5.41, 5.74) is 3.04. The number of fused-ring (bicyclic) bond motifs is 1. The lowest BCUT2D eigenvalue weighted by atomic mass is 9.93. The molecule has 7 heteroatoms. The van der Waals surface area contributed by atoms with Crippen molar-refractivity contribution >= 4 is 16.8 Å². The molecule has 0 unspecified atom stereocenters. The van der Waals surface area contributed by atoms with Gasteiger partial charge in [-0.2, -0.15) is 0 Å². The molecule has 1 fully saturated rings. The van der Waals surface area contributed by atoms with Gasteiger partial charge in [0.25, 0.3) is 0 Å². The number of likely N-dealkylation sites (tertiary alicyclic amines) is 1. The molecule has 3 aromatic heterocycles. The average molecular weight is 386 g/mol. The van der Waals surface area contributed by atoms with Gasteiger partial charge in [0.1, 0.15) is 6.33 Å². The van der Waals surface area contributed by atoms with Crippen LogP contribution in [0.3, 0.4) is 0 Å². The Balaban J connectivity index is 1.36. The summed E-state index contributed by atoms with van der Waals surface area (Å²) in [4.78, 5) is 31.5. The van der Waals surface area contributed by atoms with Crippen molar-refractivity contribution in [2.45, 2.75) is 25.2 Å². The molecule has 0 radical (unpaired) electrons. The molecule has 0 aliphatic carbocycles. The lowest BCUT2D eigenvalue weighted by molar-refractivity contribution is -0.131. The normalized spacial score (nSPS) is 17.0. The van der Waals surface area contributed by atoms with E-state index in [0.29, 0.717) is 13.0 Å². The van der Waals surface area contributed by atoms with Crippen LogP contribution in [0.25, 0.3) is 16.7 Å². The van der Waals surface area contributed by atoms with Crippen LogP contribution >= 0.6 is 0 Å². The van der Waals surface area contributed by atoms with E-state index < -0.39 is 0 Å². The summed E-state index contributed by atoms with van der Waals surface area (Å²) in [6.07, 6.45) is 13.1. The van der Waals surface area contributed by atoms with E-state index in [-0.39, 0.29) is 11.8 Å². The fourth-order valence-electron chi connectivity index (χ4n) is 4.19. The van der Waals surface area contributed by atoms with Crippen LogP contribution in [0.4, 0.5) is 0 Å². The van der Waals surface area contributed by atoms with Crippen molar-refractivity contribution in [1.29, 1.82) is 0 Å². The molecule has 0 bridgehead atoms. The molecule has 1 N–H and O–H groups in total. The van der Waals surface area contributed by atoms with Crippen molar-refractivity contribution in [2.24, 2.45) is 0 Å². The van der Waals surface area contributed by atoms with Gasteiger partial charge in [-0.3, -0.25) is 14.3 Å². The molecule has 0 saturated carbocycles. The number of carbonyl (C=O) groups is 1. The van der Waals surface area contributed by atoms with Crippen LogP contribution in [0.1, 0.15) is 30.0 Å². The second-order valence-electron chi connectivity index (χ2n) is 7.45. The molecule has 29 heavy (non-hydrogen) atoms. The van der Waals surface area contributed by atoms with Gasteiger partial charge in [-0.25, -0.2) is 9.97 Å². The van der Waals surface area contributed by atoms with Gasteiger partial charge in [-0.15, -0.1) is 0 Å². The van der Waals surface area contributed by atoms with Gasteiger partial charge in [0.2, 0.25) is 5.91 Å². The second kappa shape index (κ2) is 7.50. The van der Waals surface area contributed by atoms with Crippen LogP contribution in [0.2, 0.25) is 0 Å². The van der Waals surface area contributed by atoms with Crippen LogP contribution in [0, 0.1) is 0 Å². The molecule has 4 aromatic rings. The van der Waals surface area contributed by atoms with Crippen molar-refractivity contribution in [2.75, 3.05) is 13.1 Å². The number of piperidine rings is 1. The topological polar surface area (TPSA) is 79.7 Å². The fraction of sp³-hybridized carbons (Fsp3) is 0.273. The zero-order chi connectivity index (χ0) is 19.6. The van der Waals surface area contributed by atoms with Gasteiger partial charge in [0.05, 0.1) is 12.1 Å². The first kappa shape index (κ1) is 17.6. The number of nitrogens with zero attached hydrogens (tertiary/aromatic N) is 5. The zero-order valence-electron chi connectivity index (χ0n) is 16.0. The summed E-state index contributed by atoms with van der Waals surface area (Å²) in [5, 5.41) is 1.12.